The first kappa shape index (κ1) is 27.0. The van der Waals surface area contributed by atoms with Gasteiger partial charge in [0.05, 0.1) is 5.69 Å². The van der Waals surface area contributed by atoms with Gasteiger partial charge < -0.3 is 19.1 Å². The van der Waals surface area contributed by atoms with E-state index in [1.54, 1.807) is 0 Å². The zero-order valence-electron chi connectivity index (χ0n) is 20.2. The van der Waals surface area contributed by atoms with Gasteiger partial charge in [-0.05, 0) is 50.4 Å². The smallest absolute Gasteiger partial charge is 0.326 e. The van der Waals surface area contributed by atoms with Gasteiger partial charge in [-0.1, -0.05) is 56.3 Å². The third-order valence-corrected chi connectivity index (χ3v) is 6.16. The van der Waals surface area contributed by atoms with Crippen molar-refractivity contribution in [3.8, 4) is 5.75 Å². The molecule has 0 heterocycles. The first-order valence-electron chi connectivity index (χ1n) is 10.5. The molecular formula is C23H40BrNO4Si. The largest absolute Gasteiger partial charge is 0.465 e. The summed E-state index contributed by atoms with van der Waals surface area (Å²) in [7, 11) is -1.14. The molecule has 0 radical (unpaired) electrons. The van der Waals surface area contributed by atoms with Crippen LogP contribution < -0.4 is 9.64 Å². The Morgan fingerprint density at radius 1 is 1.10 bits per heavy atom. The summed E-state index contributed by atoms with van der Waals surface area (Å²) in [5.41, 5.74) is 0.321. The Bertz CT molecular complexity index is 690. The molecule has 1 rings (SSSR count). The summed E-state index contributed by atoms with van der Waals surface area (Å²) in [6.45, 7) is 20.8. The van der Waals surface area contributed by atoms with E-state index in [0.717, 1.165) is 16.2 Å². The average Bonchev–Trinajstić information content (AvgIpc) is 2.49. The number of nitrogens with zero attached hydrogens (tertiary/aromatic N) is 1. The van der Waals surface area contributed by atoms with Gasteiger partial charge in [0.15, 0.2) is 6.79 Å². The molecule has 0 bridgehead atoms. The summed E-state index contributed by atoms with van der Waals surface area (Å²) in [6.07, 6.45) is 0. The van der Waals surface area contributed by atoms with Crippen LogP contribution in [0.4, 0.5) is 5.69 Å². The second-order valence-electron chi connectivity index (χ2n) is 11.1. The van der Waals surface area contributed by atoms with Gasteiger partial charge in [0.1, 0.15) is 17.9 Å². The molecule has 0 saturated carbocycles. The van der Waals surface area contributed by atoms with Crippen LogP contribution in [-0.2, 0) is 14.3 Å². The van der Waals surface area contributed by atoms with Gasteiger partial charge in [-0.25, -0.2) is 0 Å². The highest BCUT2D eigenvalue weighted by molar-refractivity contribution is 9.10. The molecule has 0 aliphatic heterocycles. The molecule has 0 atom stereocenters. The van der Waals surface area contributed by atoms with Gasteiger partial charge in [-0.15, -0.1) is 0 Å². The minimum absolute atomic E-state index is 0.0137. The molecule has 1 aromatic rings. The molecule has 7 heteroatoms. The Kier molecular flexibility index (Phi) is 9.90. The fourth-order valence-corrected chi connectivity index (χ4v) is 3.83. The summed E-state index contributed by atoms with van der Waals surface area (Å²) in [4.78, 5) is 14.6. The van der Waals surface area contributed by atoms with E-state index >= 15 is 0 Å². The molecule has 0 amide bonds. The topological polar surface area (TPSA) is 48.0 Å². The number of benzene rings is 1. The van der Waals surface area contributed by atoms with E-state index in [-0.39, 0.29) is 24.7 Å². The van der Waals surface area contributed by atoms with Crippen molar-refractivity contribution < 1.29 is 19.0 Å². The molecular weight excluding hydrogens is 462 g/mol. The molecule has 30 heavy (non-hydrogen) atoms. The van der Waals surface area contributed by atoms with E-state index in [9.17, 15) is 4.79 Å². The number of hydrogen-bond donors (Lipinski definition) is 0. The van der Waals surface area contributed by atoms with Crippen LogP contribution >= 0.6 is 15.9 Å². The molecule has 0 aromatic heterocycles. The fourth-order valence-electron chi connectivity index (χ4n) is 2.74. The van der Waals surface area contributed by atoms with Gasteiger partial charge in [-0.3, -0.25) is 4.79 Å². The van der Waals surface area contributed by atoms with E-state index < -0.39 is 13.7 Å². The molecule has 0 saturated heterocycles. The first-order chi connectivity index (χ1) is 13.6. The van der Waals surface area contributed by atoms with Crippen molar-refractivity contribution in [2.75, 3.05) is 31.4 Å². The summed E-state index contributed by atoms with van der Waals surface area (Å²) in [5.74, 6) is 0.428. The summed E-state index contributed by atoms with van der Waals surface area (Å²) in [6, 6.07) is 6.94. The second kappa shape index (κ2) is 11.0. The highest BCUT2D eigenvalue weighted by Gasteiger charge is 2.25. The van der Waals surface area contributed by atoms with Crippen LogP contribution in [0.25, 0.3) is 0 Å². The number of anilines is 1. The van der Waals surface area contributed by atoms with Crippen molar-refractivity contribution in [2.24, 2.45) is 5.41 Å². The van der Waals surface area contributed by atoms with Gasteiger partial charge in [0, 0.05) is 25.7 Å². The molecule has 0 aliphatic carbocycles. The number of carbonyl (C=O) groups excluding carboxylic acids is 1. The Morgan fingerprint density at radius 3 is 2.27 bits per heavy atom. The third kappa shape index (κ3) is 12.0. The Labute approximate surface area is 192 Å². The Hall–Kier alpha value is -1.05. The van der Waals surface area contributed by atoms with Gasteiger partial charge >= 0.3 is 5.97 Å². The van der Waals surface area contributed by atoms with Gasteiger partial charge in [-0.2, -0.15) is 0 Å². The van der Waals surface area contributed by atoms with Gasteiger partial charge in [0.2, 0.25) is 0 Å². The standard InChI is InChI=1S/C23H40BrNO4Si/c1-22(2,3)16-25(15-21(26)29-23(4,5)6)19-11-10-18(24)14-20(19)28-17-27-12-13-30(7,8)9/h10-11,14H,12-13,15-17H2,1-9H3. The molecule has 0 N–H and O–H groups in total. The van der Waals surface area contributed by atoms with Crippen molar-refractivity contribution in [3.05, 3.63) is 22.7 Å². The fraction of sp³-hybridized carbons (Fsp3) is 0.696. The van der Waals surface area contributed by atoms with E-state index in [0.29, 0.717) is 18.9 Å². The summed E-state index contributed by atoms with van der Waals surface area (Å²) < 4.78 is 18.2. The quantitative estimate of drug-likeness (QED) is 0.162. The SMILES string of the molecule is CC(C)(C)CN(CC(=O)OC(C)(C)C)c1ccc(Br)cc1OCOCC[Si](C)(C)C. The third-order valence-electron chi connectivity index (χ3n) is 3.96. The zero-order chi connectivity index (χ0) is 23.2. The van der Waals surface area contributed by atoms with Crippen molar-refractivity contribution >= 4 is 35.7 Å². The lowest BCUT2D eigenvalue weighted by Gasteiger charge is -2.33. The molecule has 0 aliphatic rings. The Balaban J connectivity index is 2.98. The molecule has 0 fully saturated rings. The van der Waals surface area contributed by atoms with Crippen molar-refractivity contribution in [1.82, 2.24) is 0 Å². The van der Waals surface area contributed by atoms with E-state index in [1.165, 1.54) is 0 Å². The van der Waals surface area contributed by atoms with Crippen LogP contribution in [-0.4, -0.2) is 46.1 Å². The summed E-state index contributed by atoms with van der Waals surface area (Å²) in [5, 5.41) is 0. The predicted octanol–water partition coefficient (Wildman–Crippen LogP) is 6.33. The van der Waals surface area contributed by atoms with Crippen LogP contribution in [0.3, 0.4) is 0 Å². The first-order valence-corrected chi connectivity index (χ1v) is 15.0. The molecule has 0 spiro atoms. The van der Waals surface area contributed by atoms with Crippen LogP contribution in [0.1, 0.15) is 41.5 Å². The zero-order valence-corrected chi connectivity index (χ0v) is 22.8. The van der Waals surface area contributed by atoms with Crippen LogP contribution in [0.2, 0.25) is 25.7 Å². The molecule has 5 nitrogen and oxygen atoms in total. The number of rotatable bonds is 10. The van der Waals surface area contributed by atoms with Crippen LogP contribution in [0.15, 0.2) is 22.7 Å². The van der Waals surface area contributed by atoms with Crippen molar-refractivity contribution in [1.29, 1.82) is 0 Å². The maximum absolute atomic E-state index is 12.6. The van der Waals surface area contributed by atoms with E-state index in [4.69, 9.17) is 14.2 Å². The maximum atomic E-state index is 12.6. The maximum Gasteiger partial charge on any atom is 0.326 e. The Morgan fingerprint density at radius 2 is 1.73 bits per heavy atom. The predicted molar refractivity (Wildman–Crippen MR) is 131 cm³/mol. The molecule has 172 valence electrons. The molecule has 1 aromatic carbocycles. The van der Waals surface area contributed by atoms with Gasteiger partial charge in [0.25, 0.3) is 0 Å². The number of halogens is 1. The lowest BCUT2D eigenvalue weighted by molar-refractivity contribution is -0.153. The van der Waals surface area contributed by atoms with Crippen LogP contribution in [0, 0.1) is 5.41 Å². The highest BCUT2D eigenvalue weighted by Crippen LogP contribution is 2.33. The lowest BCUT2D eigenvalue weighted by Crippen LogP contribution is -2.39. The lowest BCUT2D eigenvalue weighted by atomic mass is 9.95. The minimum Gasteiger partial charge on any atom is -0.465 e. The number of carbonyl (C=O) groups is 1. The van der Waals surface area contributed by atoms with E-state index in [1.807, 2.05) is 43.9 Å². The van der Waals surface area contributed by atoms with Crippen LogP contribution in [0.5, 0.6) is 5.75 Å². The normalized spacial score (nSPS) is 12.6. The minimum atomic E-state index is -1.14. The van der Waals surface area contributed by atoms with Crippen molar-refractivity contribution in [3.63, 3.8) is 0 Å². The van der Waals surface area contributed by atoms with E-state index in [2.05, 4.69) is 56.3 Å². The average molecular weight is 503 g/mol. The number of esters is 1. The number of hydrogen-bond acceptors (Lipinski definition) is 5. The second-order valence-corrected chi connectivity index (χ2v) is 17.6. The highest BCUT2D eigenvalue weighted by atomic mass is 79.9. The monoisotopic (exact) mass is 501 g/mol. The molecule has 0 unspecified atom stereocenters. The van der Waals surface area contributed by atoms with Crippen molar-refractivity contribution in [2.45, 2.75) is 72.8 Å². The number of ether oxygens (including phenoxy) is 3. The summed E-state index contributed by atoms with van der Waals surface area (Å²) >= 11 is 3.52.